The maximum atomic E-state index is 10.6. The van der Waals surface area contributed by atoms with Gasteiger partial charge in [0.25, 0.3) is 5.69 Å². The van der Waals surface area contributed by atoms with Gasteiger partial charge in [-0.3, -0.25) is 10.1 Å². The lowest BCUT2D eigenvalue weighted by Gasteiger charge is -2.19. The van der Waals surface area contributed by atoms with E-state index in [-0.39, 0.29) is 16.7 Å². The Morgan fingerprint density at radius 2 is 1.85 bits per heavy atom. The second-order valence-corrected chi connectivity index (χ2v) is 4.90. The van der Waals surface area contributed by atoms with Crippen LogP contribution >= 0.6 is 0 Å². The van der Waals surface area contributed by atoms with Crippen LogP contribution < -0.4 is 5.32 Å². The largest absolute Gasteiger partial charge is 0.310 e. The molecule has 1 aromatic rings. The molecule has 1 unspecified atom stereocenters. The van der Waals surface area contributed by atoms with Gasteiger partial charge in [-0.1, -0.05) is 26.0 Å². The fourth-order valence-electron chi connectivity index (χ4n) is 2.16. The van der Waals surface area contributed by atoms with Gasteiger partial charge in [0.2, 0.25) is 0 Å². The number of hydrogen-bond acceptors (Lipinski definition) is 4. The van der Waals surface area contributed by atoms with Crippen LogP contribution in [0.15, 0.2) is 24.3 Å². The first-order valence-corrected chi connectivity index (χ1v) is 7.28. The van der Waals surface area contributed by atoms with Crippen molar-refractivity contribution < 1.29 is 4.92 Å². The molecular weight excluding hydrogens is 254 g/mol. The molecule has 5 nitrogen and oxygen atoms in total. The second-order valence-electron chi connectivity index (χ2n) is 4.90. The van der Waals surface area contributed by atoms with E-state index in [1.165, 1.54) is 0 Å². The maximum Gasteiger partial charge on any atom is 0.269 e. The molecule has 0 aliphatic carbocycles. The molecule has 112 valence electrons. The monoisotopic (exact) mass is 279 g/mol. The standard InChI is InChI=1S/C15H25N3O2/c1-4-17(5-2)12-6-11-16-13(3)14-7-9-15(10-8-14)18(19)20/h7-10,13,16H,4-6,11-12H2,1-3H3. The van der Waals surface area contributed by atoms with Gasteiger partial charge in [-0.25, -0.2) is 0 Å². The molecule has 0 fully saturated rings. The van der Waals surface area contributed by atoms with E-state index in [1.54, 1.807) is 12.1 Å². The summed E-state index contributed by atoms with van der Waals surface area (Å²) in [5.74, 6) is 0. The van der Waals surface area contributed by atoms with E-state index in [1.807, 2.05) is 12.1 Å². The van der Waals surface area contributed by atoms with Gasteiger partial charge in [0.05, 0.1) is 4.92 Å². The molecule has 0 radical (unpaired) electrons. The number of benzene rings is 1. The Balaban J connectivity index is 2.35. The van der Waals surface area contributed by atoms with E-state index in [9.17, 15) is 10.1 Å². The molecule has 20 heavy (non-hydrogen) atoms. The minimum atomic E-state index is -0.369. The summed E-state index contributed by atoms with van der Waals surface area (Å²) in [6.07, 6.45) is 1.11. The summed E-state index contributed by atoms with van der Waals surface area (Å²) >= 11 is 0. The van der Waals surface area contributed by atoms with Gasteiger partial charge in [0.15, 0.2) is 0 Å². The van der Waals surface area contributed by atoms with Gasteiger partial charge in [-0.15, -0.1) is 0 Å². The van der Waals surface area contributed by atoms with Crippen LogP contribution in [0, 0.1) is 10.1 Å². The molecule has 0 spiro atoms. The summed E-state index contributed by atoms with van der Waals surface area (Å²) < 4.78 is 0. The summed E-state index contributed by atoms with van der Waals surface area (Å²) in [5.41, 5.74) is 1.22. The van der Waals surface area contributed by atoms with Crippen molar-refractivity contribution in [2.75, 3.05) is 26.2 Å². The SMILES string of the molecule is CCN(CC)CCCNC(C)c1ccc([N+](=O)[O-])cc1. The first-order chi connectivity index (χ1) is 9.58. The van der Waals surface area contributed by atoms with Crippen molar-refractivity contribution in [1.29, 1.82) is 0 Å². The molecule has 0 heterocycles. The van der Waals surface area contributed by atoms with Crippen LogP contribution in [0.5, 0.6) is 0 Å². The first-order valence-electron chi connectivity index (χ1n) is 7.28. The summed E-state index contributed by atoms with van der Waals surface area (Å²) in [4.78, 5) is 12.6. The van der Waals surface area contributed by atoms with Crippen LogP contribution in [-0.4, -0.2) is 36.0 Å². The summed E-state index contributed by atoms with van der Waals surface area (Å²) in [5, 5.41) is 14.1. The zero-order chi connectivity index (χ0) is 15.0. The Morgan fingerprint density at radius 3 is 2.35 bits per heavy atom. The lowest BCUT2D eigenvalue weighted by atomic mass is 10.1. The van der Waals surface area contributed by atoms with Crippen molar-refractivity contribution in [3.8, 4) is 0 Å². The number of non-ortho nitro benzene ring substituents is 1. The summed E-state index contributed by atoms with van der Waals surface area (Å²) in [6.45, 7) is 10.7. The zero-order valence-corrected chi connectivity index (χ0v) is 12.6. The van der Waals surface area contributed by atoms with Crippen LogP contribution in [-0.2, 0) is 0 Å². The number of rotatable bonds is 9. The third kappa shape index (κ3) is 5.27. The molecule has 1 atom stereocenters. The molecule has 0 aromatic heterocycles. The number of nitro benzene ring substituents is 1. The second kappa shape index (κ2) is 8.66. The lowest BCUT2D eigenvalue weighted by Crippen LogP contribution is -2.28. The van der Waals surface area contributed by atoms with Gasteiger partial charge in [0, 0.05) is 18.2 Å². The highest BCUT2D eigenvalue weighted by molar-refractivity contribution is 5.33. The van der Waals surface area contributed by atoms with Gasteiger partial charge < -0.3 is 10.2 Å². The maximum absolute atomic E-state index is 10.6. The fraction of sp³-hybridized carbons (Fsp3) is 0.600. The number of nitrogens with zero attached hydrogens (tertiary/aromatic N) is 2. The highest BCUT2D eigenvalue weighted by Crippen LogP contribution is 2.17. The molecule has 5 heteroatoms. The summed E-state index contributed by atoms with van der Waals surface area (Å²) in [7, 11) is 0. The topological polar surface area (TPSA) is 58.4 Å². The number of nitrogens with one attached hydrogen (secondary N) is 1. The third-order valence-electron chi connectivity index (χ3n) is 3.60. The molecule has 0 aliphatic rings. The number of hydrogen-bond donors (Lipinski definition) is 1. The molecule has 0 bridgehead atoms. The molecule has 1 aromatic carbocycles. The average molecular weight is 279 g/mol. The van der Waals surface area contributed by atoms with Crippen molar-refractivity contribution in [3.63, 3.8) is 0 Å². The Morgan fingerprint density at radius 1 is 1.25 bits per heavy atom. The normalized spacial score (nSPS) is 12.6. The van der Waals surface area contributed by atoms with Gasteiger partial charge >= 0.3 is 0 Å². The van der Waals surface area contributed by atoms with E-state index < -0.39 is 0 Å². The zero-order valence-electron chi connectivity index (χ0n) is 12.6. The van der Waals surface area contributed by atoms with Crippen molar-refractivity contribution in [2.45, 2.75) is 33.2 Å². The highest BCUT2D eigenvalue weighted by Gasteiger charge is 2.08. The third-order valence-corrected chi connectivity index (χ3v) is 3.60. The molecule has 0 aliphatic heterocycles. The fourth-order valence-corrected chi connectivity index (χ4v) is 2.16. The molecule has 0 saturated heterocycles. The Hall–Kier alpha value is -1.46. The van der Waals surface area contributed by atoms with E-state index in [2.05, 4.69) is 31.0 Å². The van der Waals surface area contributed by atoms with Crippen molar-refractivity contribution in [1.82, 2.24) is 10.2 Å². The Kier molecular flexibility index (Phi) is 7.18. The highest BCUT2D eigenvalue weighted by atomic mass is 16.6. The molecule has 1 rings (SSSR count). The van der Waals surface area contributed by atoms with Crippen molar-refractivity contribution in [2.24, 2.45) is 0 Å². The van der Waals surface area contributed by atoms with Gasteiger partial charge in [-0.2, -0.15) is 0 Å². The smallest absolute Gasteiger partial charge is 0.269 e. The lowest BCUT2D eigenvalue weighted by molar-refractivity contribution is -0.384. The first kappa shape index (κ1) is 16.6. The van der Waals surface area contributed by atoms with Crippen LogP contribution in [0.4, 0.5) is 5.69 Å². The quantitative estimate of drug-likeness (QED) is 0.429. The predicted octanol–water partition coefficient (Wildman–Crippen LogP) is 2.98. The molecular formula is C15H25N3O2. The van der Waals surface area contributed by atoms with Crippen LogP contribution in [0.1, 0.15) is 38.8 Å². The predicted molar refractivity (Wildman–Crippen MR) is 81.9 cm³/mol. The average Bonchev–Trinajstić information content (AvgIpc) is 2.47. The van der Waals surface area contributed by atoms with Crippen LogP contribution in [0.2, 0.25) is 0 Å². The Labute approximate surface area is 121 Å². The minimum Gasteiger partial charge on any atom is -0.310 e. The van der Waals surface area contributed by atoms with Crippen molar-refractivity contribution in [3.05, 3.63) is 39.9 Å². The molecule has 1 N–H and O–H groups in total. The summed E-state index contributed by atoms with van der Waals surface area (Å²) in [6, 6.07) is 6.97. The van der Waals surface area contributed by atoms with Crippen LogP contribution in [0.25, 0.3) is 0 Å². The van der Waals surface area contributed by atoms with E-state index in [0.29, 0.717) is 0 Å². The Bertz CT molecular complexity index is 402. The number of nitro groups is 1. The van der Waals surface area contributed by atoms with E-state index in [0.717, 1.165) is 38.2 Å². The van der Waals surface area contributed by atoms with Crippen molar-refractivity contribution >= 4 is 5.69 Å². The van der Waals surface area contributed by atoms with E-state index >= 15 is 0 Å². The molecule has 0 amide bonds. The van der Waals surface area contributed by atoms with Gasteiger partial charge in [0.1, 0.15) is 0 Å². The minimum absolute atomic E-state index is 0.141. The van der Waals surface area contributed by atoms with E-state index in [4.69, 9.17) is 0 Å². The molecule has 0 saturated carbocycles. The van der Waals surface area contributed by atoms with Gasteiger partial charge in [-0.05, 0) is 45.1 Å². The van der Waals surface area contributed by atoms with Crippen LogP contribution in [0.3, 0.4) is 0 Å².